The van der Waals surface area contributed by atoms with Crippen LogP contribution in [0.5, 0.6) is 0 Å². The second-order valence-electron chi connectivity index (χ2n) is 10.2. The zero-order valence-electron chi connectivity index (χ0n) is 25.4. The largest absolute Gasteiger partial charge is 3.00 e. The molecule has 5 nitrogen and oxygen atoms in total. The molecular weight excluding hydrogens is 745 g/mol. The van der Waals surface area contributed by atoms with E-state index in [2.05, 4.69) is 49.9 Å². The average Bonchev–Trinajstić information content (AvgIpc) is 3.49. The summed E-state index contributed by atoms with van der Waals surface area (Å²) >= 11 is 0. The Balaban J connectivity index is 0.000000144. The summed E-state index contributed by atoms with van der Waals surface area (Å²) in [6.07, 6.45) is 5.60. The van der Waals surface area contributed by atoms with Crippen LogP contribution >= 0.6 is 0 Å². The number of rotatable bonds is 3. The van der Waals surface area contributed by atoms with Crippen molar-refractivity contribution in [2.45, 2.75) is 6.92 Å². The Morgan fingerprint density at radius 2 is 1.24 bits per heavy atom. The molecular formula is C40H30IrN4O+. The van der Waals surface area contributed by atoms with Crippen LogP contribution in [0.25, 0.3) is 55.8 Å². The molecule has 0 saturated heterocycles. The smallest absolute Gasteiger partial charge is 0.486 e. The van der Waals surface area contributed by atoms with Crippen molar-refractivity contribution in [3.63, 3.8) is 0 Å². The third-order valence-electron chi connectivity index (χ3n) is 7.05. The zero-order chi connectivity index (χ0) is 30.8. The maximum atomic E-state index is 6.02. The minimum atomic E-state index is 0. The van der Waals surface area contributed by atoms with E-state index in [1.165, 1.54) is 0 Å². The molecule has 5 aromatic heterocycles. The molecule has 0 unspecified atom stereocenters. The summed E-state index contributed by atoms with van der Waals surface area (Å²) in [5, 5.41) is 2.12. The second-order valence-corrected chi connectivity index (χ2v) is 10.2. The molecule has 0 spiro atoms. The summed E-state index contributed by atoms with van der Waals surface area (Å²) in [6.45, 7) is 1.97. The van der Waals surface area contributed by atoms with Crippen LogP contribution in [0, 0.1) is 25.1 Å². The second kappa shape index (κ2) is 15.6. The molecule has 0 aliphatic carbocycles. The Kier molecular flexibility index (Phi) is 10.9. The van der Waals surface area contributed by atoms with Gasteiger partial charge < -0.3 is 14.4 Å². The van der Waals surface area contributed by atoms with Gasteiger partial charge in [0.2, 0.25) is 5.71 Å². The van der Waals surface area contributed by atoms with Gasteiger partial charge in [0.25, 0.3) is 0 Å². The molecule has 5 heterocycles. The van der Waals surface area contributed by atoms with Crippen molar-refractivity contribution in [3.8, 4) is 33.8 Å². The maximum Gasteiger partial charge on any atom is 3.00 e. The van der Waals surface area contributed by atoms with Gasteiger partial charge in [0, 0.05) is 29.5 Å². The molecule has 3 aromatic carbocycles. The number of aromatic nitrogens is 4. The fourth-order valence-corrected chi connectivity index (χ4v) is 4.84. The van der Waals surface area contributed by atoms with Crippen LogP contribution in [0.1, 0.15) is 5.69 Å². The van der Waals surface area contributed by atoms with Crippen molar-refractivity contribution >= 4 is 22.1 Å². The first-order valence-electron chi connectivity index (χ1n) is 14.6. The van der Waals surface area contributed by atoms with E-state index in [1.54, 1.807) is 12.4 Å². The van der Waals surface area contributed by atoms with Gasteiger partial charge in [0.05, 0.1) is 5.58 Å². The fourth-order valence-electron chi connectivity index (χ4n) is 4.84. The van der Waals surface area contributed by atoms with E-state index in [9.17, 15) is 0 Å². The summed E-state index contributed by atoms with van der Waals surface area (Å²) < 4.78 is 8.08. The Morgan fingerprint density at radius 1 is 0.609 bits per heavy atom. The average molecular weight is 775 g/mol. The standard InChI is InChI=1S/C18H14N2O.2C11H8N.Ir/c1-12-9-10-14-13-6-5-7-15(17(13)21-18(14)19-12)16-8-3-4-11-20(16)2;2*1-2-6-10(7-3-1)11-8-4-5-9-12-11;/h3-6,8-11H,1-2H3;2*1-6,8-9H;/q;2*-1;+3. The summed E-state index contributed by atoms with van der Waals surface area (Å²) in [5.41, 5.74) is 8.53. The third kappa shape index (κ3) is 7.67. The first-order chi connectivity index (χ1) is 22.2. The minimum Gasteiger partial charge on any atom is -0.486 e. The van der Waals surface area contributed by atoms with Crippen molar-refractivity contribution in [2.24, 2.45) is 7.05 Å². The Bertz CT molecular complexity index is 1970. The van der Waals surface area contributed by atoms with E-state index in [1.807, 2.05) is 135 Å². The van der Waals surface area contributed by atoms with Crippen LogP contribution in [0.15, 0.2) is 150 Å². The Labute approximate surface area is 282 Å². The Morgan fingerprint density at radius 3 is 1.80 bits per heavy atom. The summed E-state index contributed by atoms with van der Waals surface area (Å²) in [5.74, 6) is 0. The third-order valence-corrected chi connectivity index (χ3v) is 7.05. The Hall–Kier alpha value is -5.29. The SMILES string of the molecule is Cc1ccc2c(n1)oc1c(-c3cccc[n+]3C)[c-]ccc12.[Ir+3].[c-]1ccccc1-c1ccccn1.[c-]1ccccc1-c1ccccn1. The van der Waals surface area contributed by atoms with E-state index < -0.39 is 0 Å². The molecule has 0 saturated carbocycles. The number of nitrogens with zero attached hydrogens (tertiary/aromatic N) is 4. The van der Waals surface area contributed by atoms with E-state index in [4.69, 9.17) is 4.42 Å². The van der Waals surface area contributed by atoms with E-state index in [-0.39, 0.29) is 20.1 Å². The van der Waals surface area contributed by atoms with Gasteiger partial charge in [-0.1, -0.05) is 35.7 Å². The van der Waals surface area contributed by atoms with Crippen molar-refractivity contribution in [3.05, 3.63) is 170 Å². The molecule has 0 radical (unpaired) electrons. The van der Waals surface area contributed by atoms with E-state index in [0.717, 1.165) is 55.8 Å². The van der Waals surface area contributed by atoms with Crippen molar-refractivity contribution in [2.75, 3.05) is 0 Å². The maximum absolute atomic E-state index is 6.02. The van der Waals surface area contributed by atoms with Crippen molar-refractivity contribution in [1.82, 2.24) is 15.0 Å². The van der Waals surface area contributed by atoms with Gasteiger partial charge in [-0.3, -0.25) is 0 Å². The molecule has 0 N–H and O–H groups in total. The van der Waals surface area contributed by atoms with Gasteiger partial charge in [-0.25, -0.2) is 9.55 Å². The molecule has 46 heavy (non-hydrogen) atoms. The van der Waals surface area contributed by atoms with Crippen LogP contribution in [0.3, 0.4) is 0 Å². The fraction of sp³-hybridized carbons (Fsp3) is 0.0500. The number of benzene rings is 3. The topological polar surface area (TPSA) is 55.7 Å². The van der Waals surface area contributed by atoms with Gasteiger partial charge in [0.1, 0.15) is 12.7 Å². The van der Waals surface area contributed by atoms with Crippen LogP contribution in [-0.4, -0.2) is 15.0 Å². The van der Waals surface area contributed by atoms with E-state index in [0.29, 0.717) is 5.71 Å². The number of hydrogen-bond acceptors (Lipinski definition) is 4. The molecule has 0 fully saturated rings. The van der Waals surface area contributed by atoms with Crippen molar-refractivity contribution in [1.29, 1.82) is 0 Å². The zero-order valence-corrected chi connectivity index (χ0v) is 27.8. The number of aryl methyl sites for hydroxylation is 2. The minimum absolute atomic E-state index is 0. The van der Waals surface area contributed by atoms with Gasteiger partial charge in [-0.05, 0) is 54.2 Å². The summed E-state index contributed by atoms with van der Waals surface area (Å²) in [4.78, 5) is 12.9. The summed E-state index contributed by atoms with van der Waals surface area (Å²) in [6, 6.07) is 51.1. The molecule has 8 rings (SSSR count). The summed E-state index contributed by atoms with van der Waals surface area (Å²) in [7, 11) is 2.02. The van der Waals surface area contributed by atoms with Crippen LogP contribution in [-0.2, 0) is 27.2 Å². The predicted octanol–water partition coefficient (Wildman–Crippen LogP) is 8.68. The first-order valence-corrected chi connectivity index (χ1v) is 14.6. The van der Waals surface area contributed by atoms with Gasteiger partial charge in [-0.15, -0.1) is 90.0 Å². The number of furan rings is 1. The van der Waals surface area contributed by atoms with Gasteiger partial charge in [-0.2, -0.15) is 0 Å². The van der Waals surface area contributed by atoms with Crippen LogP contribution in [0.2, 0.25) is 0 Å². The molecule has 0 aliphatic rings. The molecule has 8 aromatic rings. The van der Waals surface area contributed by atoms with Crippen molar-refractivity contribution < 1.29 is 29.1 Å². The first kappa shape index (κ1) is 32.1. The number of fused-ring (bicyclic) bond motifs is 3. The van der Waals surface area contributed by atoms with E-state index >= 15 is 0 Å². The predicted molar refractivity (Wildman–Crippen MR) is 179 cm³/mol. The van der Waals surface area contributed by atoms with Crippen LogP contribution in [0.4, 0.5) is 0 Å². The monoisotopic (exact) mass is 775 g/mol. The molecule has 224 valence electrons. The van der Waals surface area contributed by atoms with Crippen LogP contribution < -0.4 is 4.57 Å². The molecule has 6 heteroatoms. The molecule has 0 aliphatic heterocycles. The van der Waals surface area contributed by atoms with Gasteiger partial charge in [0.15, 0.2) is 6.20 Å². The number of hydrogen-bond donors (Lipinski definition) is 0. The molecule has 0 amide bonds. The quantitative estimate of drug-likeness (QED) is 0.133. The molecule has 0 bridgehead atoms. The van der Waals surface area contributed by atoms with Gasteiger partial charge >= 0.3 is 20.1 Å². The normalized spacial score (nSPS) is 10.2. The molecule has 0 atom stereocenters. The number of pyridine rings is 4.